The molecular weight excluding hydrogens is 288 g/mol. The molecule has 10 heteroatoms. The quantitative estimate of drug-likeness (QED) is 0.328. The number of aliphatic carboxylic acids is 4. The first-order chi connectivity index (χ1) is 9.67. The molecule has 0 unspecified atom stereocenters. The molecule has 0 aliphatic carbocycles. The van der Waals surface area contributed by atoms with Crippen LogP contribution in [0.2, 0.25) is 0 Å². The molecule has 0 atom stereocenters. The molecule has 0 aromatic rings. The van der Waals surface area contributed by atoms with Gasteiger partial charge in [-0.05, 0) is 19.5 Å². The average Bonchev–Trinajstić information content (AvgIpc) is 2.36. The normalized spacial score (nSPS) is 8.48. The van der Waals surface area contributed by atoms with Crippen molar-refractivity contribution in [3.63, 3.8) is 0 Å². The molecule has 0 radical (unpaired) electrons. The summed E-state index contributed by atoms with van der Waals surface area (Å²) in [4.78, 5) is 38.6. The van der Waals surface area contributed by atoms with Crippen molar-refractivity contribution >= 4 is 23.9 Å². The van der Waals surface area contributed by atoms with Crippen LogP contribution >= 0.6 is 0 Å². The minimum atomic E-state index is -1.08. The fourth-order valence-corrected chi connectivity index (χ4v) is 0.546. The van der Waals surface area contributed by atoms with Crippen LogP contribution in [-0.4, -0.2) is 57.4 Å². The summed E-state index contributed by atoms with van der Waals surface area (Å²) in [6, 6.07) is 0. The minimum Gasteiger partial charge on any atom is -0.481 e. The average molecular weight is 310 g/mol. The second kappa shape index (κ2) is 17.8. The van der Waals surface area contributed by atoms with E-state index in [1.165, 1.54) is 0 Å². The van der Waals surface area contributed by atoms with Crippen molar-refractivity contribution in [3.05, 3.63) is 0 Å². The van der Waals surface area contributed by atoms with Gasteiger partial charge in [0, 0.05) is 0 Å². The molecule has 0 spiro atoms. The van der Waals surface area contributed by atoms with Crippen molar-refractivity contribution < 1.29 is 39.6 Å². The van der Waals surface area contributed by atoms with Gasteiger partial charge in [0.15, 0.2) is 0 Å². The van der Waals surface area contributed by atoms with Gasteiger partial charge in [0.25, 0.3) is 0 Å². The van der Waals surface area contributed by atoms with Crippen LogP contribution in [-0.2, 0) is 19.2 Å². The number of hydrogen-bond donors (Lipinski definition) is 6. The van der Waals surface area contributed by atoms with E-state index in [0.717, 1.165) is 19.5 Å². The standard InChI is InChI=1S/2C4H6O4.C3H10N2/c2*5-3(6)1-2-4(7)8;4-2-1-3-5/h2*1-2H2,(H,5,6)(H,7,8);1-5H2. The molecule has 0 fully saturated rings. The maximum atomic E-state index is 9.64. The highest BCUT2D eigenvalue weighted by Gasteiger charge is 2.00. The Morgan fingerprint density at radius 2 is 0.762 bits per heavy atom. The van der Waals surface area contributed by atoms with Crippen LogP contribution in [0.1, 0.15) is 32.1 Å². The van der Waals surface area contributed by atoms with Gasteiger partial charge < -0.3 is 31.9 Å². The van der Waals surface area contributed by atoms with Crippen molar-refractivity contribution in [2.24, 2.45) is 11.5 Å². The summed E-state index contributed by atoms with van der Waals surface area (Å²) in [5.74, 6) is -4.31. The van der Waals surface area contributed by atoms with Gasteiger partial charge in [-0.1, -0.05) is 0 Å². The number of carboxylic acid groups (broad SMARTS) is 4. The molecule has 0 bridgehead atoms. The molecule has 0 aromatic carbocycles. The van der Waals surface area contributed by atoms with E-state index in [0.29, 0.717) is 0 Å². The monoisotopic (exact) mass is 310 g/mol. The van der Waals surface area contributed by atoms with Crippen molar-refractivity contribution in [1.82, 2.24) is 0 Å². The third-order valence-electron chi connectivity index (χ3n) is 1.51. The molecule has 0 saturated carbocycles. The Bertz CT molecular complexity index is 261. The largest absolute Gasteiger partial charge is 0.481 e. The van der Waals surface area contributed by atoms with Crippen LogP contribution in [0, 0.1) is 0 Å². The Hall–Kier alpha value is -2.20. The Labute approximate surface area is 121 Å². The van der Waals surface area contributed by atoms with Gasteiger partial charge in [-0.25, -0.2) is 0 Å². The van der Waals surface area contributed by atoms with Crippen molar-refractivity contribution in [1.29, 1.82) is 0 Å². The highest BCUT2D eigenvalue weighted by molar-refractivity contribution is 5.75. The summed E-state index contributed by atoms with van der Waals surface area (Å²) in [6.07, 6.45) is -0.241. The third-order valence-corrected chi connectivity index (χ3v) is 1.51. The fourth-order valence-electron chi connectivity index (χ4n) is 0.546. The van der Waals surface area contributed by atoms with Gasteiger partial charge in [-0.15, -0.1) is 0 Å². The summed E-state index contributed by atoms with van der Waals surface area (Å²) < 4.78 is 0. The first-order valence-corrected chi connectivity index (χ1v) is 5.94. The van der Waals surface area contributed by atoms with Crippen molar-refractivity contribution in [3.8, 4) is 0 Å². The highest BCUT2D eigenvalue weighted by atomic mass is 16.4. The summed E-state index contributed by atoms with van der Waals surface area (Å²) >= 11 is 0. The molecular formula is C11H22N2O8. The topological polar surface area (TPSA) is 201 Å². The lowest BCUT2D eigenvalue weighted by atomic mass is 10.3. The van der Waals surface area contributed by atoms with Gasteiger partial charge in [0.05, 0.1) is 25.7 Å². The second-order valence-corrected chi connectivity index (χ2v) is 3.51. The Balaban J connectivity index is -0.000000239. The molecule has 124 valence electrons. The van der Waals surface area contributed by atoms with E-state index in [9.17, 15) is 19.2 Å². The summed E-state index contributed by atoms with van der Waals surface area (Å²) in [5, 5.41) is 31.6. The van der Waals surface area contributed by atoms with Gasteiger partial charge in [0.1, 0.15) is 0 Å². The number of carboxylic acids is 4. The number of hydrogen-bond acceptors (Lipinski definition) is 6. The SMILES string of the molecule is NCCCN.O=C(O)CCC(=O)O.O=C(O)CCC(=O)O. The number of carbonyl (C=O) groups is 4. The van der Waals surface area contributed by atoms with E-state index < -0.39 is 23.9 Å². The number of nitrogens with two attached hydrogens (primary N) is 2. The van der Waals surface area contributed by atoms with Gasteiger partial charge in [0.2, 0.25) is 0 Å². The van der Waals surface area contributed by atoms with Crippen LogP contribution in [0.25, 0.3) is 0 Å². The van der Waals surface area contributed by atoms with Crippen LogP contribution in [0.15, 0.2) is 0 Å². The van der Waals surface area contributed by atoms with Crippen LogP contribution in [0.5, 0.6) is 0 Å². The summed E-state index contributed by atoms with van der Waals surface area (Å²) in [5.41, 5.74) is 10.1. The zero-order valence-electron chi connectivity index (χ0n) is 11.5. The lowest BCUT2D eigenvalue weighted by Crippen LogP contribution is -2.06. The number of rotatable bonds is 8. The van der Waals surface area contributed by atoms with E-state index in [4.69, 9.17) is 31.9 Å². The van der Waals surface area contributed by atoms with Gasteiger partial charge in [-0.2, -0.15) is 0 Å². The summed E-state index contributed by atoms with van der Waals surface area (Å²) in [7, 11) is 0. The maximum absolute atomic E-state index is 9.64. The van der Waals surface area contributed by atoms with E-state index in [1.807, 2.05) is 0 Å². The predicted octanol–water partition coefficient (Wildman–Crippen LogP) is -0.834. The van der Waals surface area contributed by atoms with Gasteiger partial charge in [-0.3, -0.25) is 19.2 Å². The van der Waals surface area contributed by atoms with Crippen molar-refractivity contribution in [2.75, 3.05) is 13.1 Å². The fraction of sp³-hybridized carbons (Fsp3) is 0.636. The molecule has 0 amide bonds. The minimum absolute atomic E-state index is 0.296. The zero-order valence-corrected chi connectivity index (χ0v) is 11.5. The summed E-state index contributed by atoms with van der Waals surface area (Å²) in [6.45, 7) is 1.44. The smallest absolute Gasteiger partial charge is 0.303 e. The predicted molar refractivity (Wildman–Crippen MR) is 71.7 cm³/mol. The van der Waals surface area contributed by atoms with E-state index in [1.54, 1.807) is 0 Å². The van der Waals surface area contributed by atoms with Crippen molar-refractivity contribution in [2.45, 2.75) is 32.1 Å². The molecule has 10 nitrogen and oxygen atoms in total. The third kappa shape index (κ3) is 46.3. The highest BCUT2D eigenvalue weighted by Crippen LogP contribution is 1.86. The van der Waals surface area contributed by atoms with E-state index >= 15 is 0 Å². The first kappa shape index (κ1) is 23.9. The Morgan fingerprint density at radius 1 is 0.571 bits per heavy atom. The van der Waals surface area contributed by atoms with E-state index in [-0.39, 0.29) is 25.7 Å². The molecule has 8 N–H and O–H groups in total. The molecule has 0 rings (SSSR count). The Morgan fingerprint density at radius 3 is 0.810 bits per heavy atom. The molecule has 0 aliphatic heterocycles. The zero-order chi connectivity index (χ0) is 17.3. The van der Waals surface area contributed by atoms with Crippen LogP contribution in [0.3, 0.4) is 0 Å². The van der Waals surface area contributed by atoms with Crippen LogP contribution < -0.4 is 11.5 Å². The Kier molecular flexibility index (Phi) is 20.2. The molecule has 21 heavy (non-hydrogen) atoms. The molecule has 0 saturated heterocycles. The molecule has 0 aliphatic rings. The molecule has 0 aromatic heterocycles. The second-order valence-electron chi connectivity index (χ2n) is 3.51. The maximum Gasteiger partial charge on any atom is 0.303 e. The van der Waals surface area contributed by atoms with Gasteiger partial charge >= 0.3 is 23.9 Å². The lowest BCUT2D eigenvalue weighted by molar-refractivity contribution is -0.143. The lowest BCUT2D eigenvalue weighted by Gasteiger charge is -1.85. The van der Waals surface area contributed by atoms with E-state index in [2.05, 4.69) is 0 Å². The molecule has 0 heterocycles. The first-order valence-electron chi connectivity index (χ1n) is 5.94. The van der Waals surface area contributed by atoms with Crippen LogP contribution in [0.4, 0.5) is 0 Å².